The van der Waals surface area contributed by atoms with E-state index in [-0.39, 0.29) is 5.41 Å². The molecule has 0 atom stereocenters. The van der Waals surface area contributed by atoms with Crippen molar-refractivity contribution in [3.05, 3.63) is 35.0 Å². The van der Waals surface area contributed by atoms with E-state index in [0.717, 1.165) is 22.4 Å². The molecular formula is C12H17BrN2. The van der Waals surface area contributed by atoms with Gasteiger partial charge in [0.1, 0.15) is 5.82 Å². The van der Waals surface area contributed by atoms with Gasteiger partial charge in [-0.1, -0.05) is 19.9 Å². The fourth-order valence-electron chi connectivity index (χ4n) is 1.11. The van der Waals surface area contributed by atoms with Crippen LogP contribution in [0.3, 0.4) is 0 Å². The van der Waals surface area contributed by atoms with Gasteiger partial charge in [-0.05, 0) is 39.9 Å². The van der Waals surface area contributed by atoms with Crippen molar-refractivity contribution >= 4 is 21.7 Å². The summed E-state index contributed by atoms with van der Waals surface area (Å²) in [6.07, 6.45) is 3.75. The highest BCUT2D eigenvalue weighted by Gasteiger charge is 2.13. The number of anilines is 1. The van der Waals surface area contributed by atoms with Crippen LogP contribution in [-0.2, 0) is 0 Å². The van der Waals surface area contributed by atoms with Gasteiger partial charge in [0, 0.05) is 17.2 Å². The van der Waals surface area contributed by atoms with Crippen LogP contribution in [0, 0.1) is 12.3 Å². The summed E-state index contributed by atoms with van der Waals surface area (Å²) < 4.78 is 1.01. The average molecular weight is 269 g/mol. The molecule has 0 amide bonds. The van der Waals surface area contributed by atoms with Crippen molar-refractivity contribution in [3.8, 4) is 0 Å². The van der Waals surface area contributed by atoms with E-state index in [0.29, 0.717) is 0 Å². The predicted molar refractivity (Wildman–Crippen MR) is 69.1 cm³/mol. The predicted octanol–water partition coefficient (Wildman–Crippen LogP) is 3.78. The van der Waals surface area contributed by atoms with Crippen LogP contribution >= 0.6 is 15.9 Å². The zero-order chi connectivity index (χ0) is 11.5. The van der Waals surface area contributed by atoms with E-state index in [4.69, 9.17) is 0 Å². The van der Waals surface area contributed by atoms with Crippen molar-refractivity contribution < 1.29 is 0 Å². The van der Waals surface area contributed by atoms with Crippen molar-refractivity contribution in [3.63, 3.8) is 0 Å². The van der Waals surface area contributed by atoms with E-state index in [1.807, 2.05) is 13.0 Å². The molecule has 1 aromatic heterocycles. The maximum absolute atomic E-state index is 4.32. The summed E-state index contributed by atoms with van der Waals surface area (Å²) in [6.45, 7) is 11.0. The first-order valence-corrected chi connectivity index (χ1v) is 5.73. The van der Waals surface area contributed by atoms with E-state index in [1.54, 1.807) is 6.20 Å². The second kappa shape index (κ2) is 4.79. The van der Waals surface area contributed by atoms with E-state index < -0.39 is 0 Å². The van der Waals surface area contributed by atoms with Gasteiger partial charge >= 0.3 is 0 Å². The average Bonchev–Trinajstić information content (AvgIpc) is 2.16. The van der Waals surface area contributed by atoms with Crippen LogP contribution in [-0.4, -0.2) is 11.5 Å². The minimum absolute atomic E-state index is 0.0845. The number of halogens is 1. The molecule has 0 aliphatic carbocycles. The van der Waals surface area contributed by atoms with Crippen LogP contribution in [0.5, 0.6) is 0 Å². The Balaban J connectivity index is 2.70. The Morgan fingerprint density at radius 1 is 1.60 bits per heavy atom. The maximum atomic E-state index is 4.32. The molecule has 1 heterocycles. The molecule has 1 rings (SSSR count). The van der Waals surface area contributed by atoms with Crippen molar-refractivity contribution in [2.45, 2.75) is 20.8 Å². The van der Waals surface area contributed by atoms with Crippen LogP contribution in [0.1, 0.15) is 19.4 Å². The number of nitrogens with one attached hydrogen (secondary N) is 1. The zero-order valence-corrected chi connectivity index (χ0v) is 11.1. The smallest absolute Gasteiger partial charge is 0.128 e. The third-order valence-corrected chi connectivity index (χ3v) is 2.74. The first-order chi connectivity index (χ1) is 6.94. The summed E-state index contributed by atoms with van der Waals surface area (Å²) in [6, 6.07) is 2.05. The molecule has 82 valence electrons. The SMILES string of the molecule is C=CC(C)(C)CNc1ncc(Br)cc1C. The van der Waals surface area contributed by atoms with Gasteiger partial charge in [0.25, 0.3) is 0 Å². The number of nitrogens with zero attached hydrogens (tertiary/aromatic N) is 1. The Labute approximate surface area is 99.9 Å². The molecule has 0 aromatic carbocycles. The third kappa shape index (κ3) is 3.67. The van der Waals surface area contributed by atoms with Crippen molar-refractivity contribution in [1.82, 2.24) is 4.98 Å². The summed E-state index contributed by atoms with van der Waals surface area (Å²) in [4.78, 5) is 4.32. The van der Waals surface area contributed by atoms with E-state index >= 15 is 0 Å². The minimum atomic E-state index is 0.0845. The van der Waals surface area contributed by atoms with Crippen molar-refractivity contribution in [2.24, 2.45) is 5.41 Å². The summed E-state index contributed by atoms with van der Waals surface area (Å²) in [5, 5.41) is 3.33. The van der Waals surface area contributed by atoms with Gasteiger partial charge in [0.2, 0.25) is 0 Å². The van der Waals surface area contributed by atoms with E-state index in [1.165, 1.54) is 0 Å². The first kappa shape index (κ1) is 12.2. The Kier molecular flexibility index (Phi) is 3.91. The molecule has 0 aliphatic rings. The monoisotopic (exact) mass is 268 g/mol. The second-order valence-electron chi connectivity index (χ2n) is 4.37. The minimum Gasteiger partial charge on any atom is -0.369 e. The lowest BCUT2D eigenvalue weighted by molar-refractivity contribution is 0.513. The molecule has 0 bridgehead atoms. The molecule has 0 saturated carbocycles. The molecule has 1 N–H and O–H groups in total. The number of hydrogen-bond acceptors (Lipinski definition) is 2. The van der Waals surface area contributed by atoms with Gasteiger partial charge in [-0.2, -0.15) is 0 Å². The number of aryl methyl sites for hydroxylation is 1. The lowest BCUT2D eigenvalue weighted by atomic mass is 9.94. The van der Waals surface area contributed by atoms with Gasteiger partial charge in [0.05, 0.1) is 0 Å². The maximum Gasteiger partial charge on any atom is 0.128 e. The molecule has 0 spiro atoms. The first-order valence-electron chi connectivity index (χ1n) is 4.94. The molecule has 0 aliphatic heterocycles. The lowest BCUT2D eigenvalue weighted by Crippen LogP contribution is -2.21. The molecule has 1 aromatic rings. The fourth-order valence-corrected chi connectivity index (χ4v) is 1.56. The van der Waals surface area contributed by atoms with Gasteiger partial charge < -0.3 is 5.32 Å². The summed E-state index contributed by atoms with van der Waals surface area (Å²) >= 11 is 3.39. The normalized spacial score (nSPS) is 11.2. The highest BCUT2D eigenvalue weighted by molar-refractivity contribution is 9.10. The molecule has 15 heavy (non-hydrogen) atoms. The Hall–Kier alpha value is -0.830. The standard InChI is InChI=1S/C12H17BrN2/c1-5-12(3,4)8-15-11-9(2)6-10(13)7-14-11/h5-7H,1,8H2,2-4H3,(H,14,15). The number of hydrogen-bond donors (Lipinski definition) is 1. The van der Waals surface area contributed by atoms with Gasteiger partial charge in [0.15, 0.2) is 0 Å². The highest BCUT2D eigenvalue weighted by atomic mass is 79.9. The van der Waals surface area contributed by atoms with Crippen LogP contribution in [0.25, 0.3) is 0 Å². The van der Waals surface area contributed by atoms with Gasteiger partial charge in [-0.15, -0.1) is 6.58 Å². The van der Waals surface area contributed by atoms with Crippen LogP contribution in [0.2, 0.25) is 0 Å². The van der Waals surface area contributed by atoms with Crippen molar-refractivity contribution in [2.75, 3.05) is 11.9 Å². The Morgan fingerprint density at radius 2 is 2.27 bits per heavy atom. The summed E-state index contributed by atoms with van der Waals surface area (Å²) in [7, 11) is 0. The summed E-state index contributed by atoms with van der Waals surface area (Å²) in [5.74, 6) is 0.938. The molecular weight excluding hydrogens is 252 g/mol. The Morgan fingerprint density at radius 3 is 2.80 bits per heavy atom. The van der Waals surface area contributed by atoms with E-state index in [2.05, 4.69) is 52.7 Å². The van der Waals surface area contributed by atoms with Crippen LogP contribution in [0.15, 0.2) is 29.4 Å². The number of aromatic nitrogens is 1. The van der Waals surface area contributed by atoms with Crippen LogP contribution < -0.4 is 5.32 Å². The second-order valence-corrected chi connectivity index (χ2v) is 5.28. The lowest BCUT2D eigenvalue weighted by Gasteiger charge is -2.21. The number of rotatable bonds is 4. The zero-order valence-electron chi connectivity index (χ0n) is 9.47. The summed E-state index contributed by atoms with van der Waals surface area (Å²) in [5.41, 5.74) is 1.23. The largest absolute Gasteiger partial charge is 0.369 e. The van der Waals surface area contributed by atoms with Gasteiger partial charge in [-0.3, -0.25) is 0 Å². The molecule has 0 unspecified atom stereocenters. The van der Waals surface area contributed by atoms with Gasteiger partial charge in [-0.25, -0.2) is 4.98 Å². The molecule has 0 fully saturated rings. The third-order valence-electron chi connectivity index (χ3n) is 2.31. The van der Waals surface area contributed by atoms with Crippen LogP contribution in [0.4, 0.5) is 5.82 Å². The molecule has 2 nitrogen and oxygen atoms in total. The number of pyridine rings is 1. The molecule has 0 saturated heterocycles. The van der Waals surface area contributed by atoms with Crippen molar-refractivity contribution in [1.29, 1.82) is 0 Å². The quantitative estimate of drug-likeness (QED) is 0.841. The fraction of sp³-hybridized carbons (Fsp3) is 0.417. The Bertz CT molecular complexity index is 359. The van der Waals surface area contributed by atoms with E-state index in [9.17, 15) is 0 Å². The molecule has 3 heteroatoms. The molecule has 0 radical (unpaired) electrons. The topological polar surface area (TPSA) is 24.9 Å². The highest BCUT2D eigenvalue weighted by Crippen LogP contribution is 2.20.